The smallest absolute Gasteiger partial charge is 0.322 e. The minimum Gasteiger partial charge on any atom is -0.322 e. The van der Waals surface area contributed by atoms with E-state index in [4.69, 9.17) is 0 Å². The van der Waals surface area contributed by atoms with Gasteiger partial charge in [-0.05, 0) is 36.2 Å². The third-order valence-electron chi connectivity index (χ3n) is 3.75. The van der Waals surface area contributed by atoms with E-state index in [1.807, 2.05) is 0 Å². The highest BCUT2D eigenvalue weighted by molar-refractivity contribution is 5.96. The Morgan fingerprint density at radius 3 is 2.38 bits per heavy atom. The van der Waals surface area contributed by atoms with Crippen LogP contribution in [0.5, 0.6) is 0 Å². The number of nitrogens with one attached hydrogen (secondary N) is 1. The van der Waals surface area contributed by atoms with Crippen molar-refractivity contribution in [1.82, 2.24) is 4.98 Å². The number of hydrogen-bond acceptors (Lipinski definition) is 2. The van der Waals surface area contributed by atoms with Gasteiger partial charge in [-0.3, -0.25) is 9.59 Å². The minimum atomic E-state index is -4.63. The topological polar surface area (TPSA) is 49.9 Å². The fourth-order valence-corrected chi connectivity index (χ4v) is 2.59. The molecule has 0 aliphatic carbocycles. The Morgan fingerprint density at radius 2 is 1.71 bits per heavy atom. The van der Waals surface area contributed by atoms with Crippen LogP contribution in [0.25, 0.3) is 22.0 Å². The van der Waals surface area contributed by atoms with Crippen LogP contribution in [0.4, 0.5) is 13.2 Å². The zero-order valence-electron chi connectivity index (χ0n) is 12.6. The van der Waals surface area contributed by atoms with Crippen LogP contribution in [-0.4, -0.2) is 10.8 Å². The molecule has 0 unspecified atom stereocenters. The summed E-state index contributed by atoms with van der Waals surface area (Å²) < 4.78 is 39.6. The van der Waals surface area contributed by atoms with Crippen molar-refractivity contribution >= 4 is 16.7 Å². The first-order chi connectivity index (χ1) is 11.3. The third-order valence-corrected chi connectivity index (χ3v) is 3.75. The standard InChI is InChI=1S/C18H12F3NO2/c1-10(23)11-3-2-4-12(7-11)13-5-6-16-14(8-13)15(18(19,20)21)9-17(24)22-16/h2-9H,1H3,(H,22,24). The molecule has 0 bridgehead atoms. The fourth-order valence-electron chi connectivity index (χ4n) is 2.59. The number of rotatable bonds is 2. The number of hydrogen-bond donors (Lipinski definition) is 1. The maximum Gasteiger partial charge on any atom is 0.417 e. The predicted octanol–water partition coefficient (Wildman–Crippen LogP) is 4.42. The Morgan fingerprint density at radius 1 is 1.00 bits per heavy atom. The van der Waals surface area contributed by atoms with Crippen molar-refractivity contribution in [2.75, 3.05) is 0 Å². The lowest BCUT2D eigenvalue weighted by molar-refractivity contribution is -0.136. The van der Waals surface area contributed by atoms with Crippen molar-refractivity contribution in [3.05, 3.63) is 70.0 Å². The molecule has 0 saturated carbocycles. The highest BCUT2D eigenvalue weighted by Gasteiger charge is 2.33. The van der Waals surface area contributed by atoms with Crippen LogP contribution in [0.1, 0.15) is 22.8 Å². The molecule has 1 aromatic heterocycles. The molecule has 0 aliphatic rings. The Hall–Kier alpha value is -2.89. The molecule has 24 heavy (non-hydrogen) atoms. The van der Waals surface area contributed by atoms with Crippen molar-refractivity contribution in [3.8, 4) is 11.1 Å². The molecule has 122 valence electrons. The average molecular weight is 331 g/mol. The molecule has 3 rings (SSSR count). The normalized spacial score (nSPS) is 11.7. The van der Waals surface area contributed by atoms with Crippen LogP contribution >= 0.6 is 0 Å². The predicted molar refractivity (Wildman–Crippen MR) is 85.0 cm³/mol. The zero-order valence-corrected chi connectivity index (χ0v) is 12.6. The van der Waals surface area contributed by atoms with Crippen molar-refractivity contribution in [2.45, 2.75) is 13.1 Å². The number of halogens is 3. The summed E-state index contributed by atoms with van der Waals surface area (Å²) in [5.41, 5.74) is -0.0366. The molecule has 0 spiro atoms. The lowest BCUT2D eigenvalue weighted by Crippen LogP contribution is -2.13. The van der Waals surface area contributed by atoms with Gasteiger partial charge >= 0.3 is 6.18 Å². The summed E-state index contributed by atoms with van der Waals surface area (Å²) in [6, 6.07) is 11.6. The van der Waals surface area contributed by atoms with Gasteiger partial charge in [0.05, 0.1) is 5.56 Å². The van der Waals surface area contributed by atoms with Gasteiger partial charge < -0.3 is 4.98 Å². The number of aromatic nitrogens is 1. The highest BCUT2D eigenvalue weighted by atomic mass is 19.4. The first-order valence-electron chi connectivity index (χ1n) is 7.11. The number of carbonyl (C=O) groups is 1. The molecule has 0 aliphatic heterocycles. The summed E-state index contributed by atoms with van der Waals surface area (Å²) in [6.45, 7) is 1.42. The Labute approximate surface area is 134 Å². The van der Waals surface area contributed by atoms with Crippen molar-refractivity contribution in [1.29, 1.82) is 0 Å². The van der Waals surface area contributed by atoms with Gasteiger partial charge in [-0.25, -0.2) is 0 Å². The van der Waals surface area contributed by atoms with E-state index in [1.54, 1.807) is 30.3 Å². The molecule has 0 radical (unpaired) electrons. The van der Waals surface area contributed by atoms with E-state index in [0.29, 0.717) is 22.8 Å². The maximum atomic E-state index is 13.2. The van der Waals surface area contributed by atoms with E-state index in [1.165, 1.54) is 19.1 Å². The fraction of sp³-hybridized carbons (Fsp3) is 0.111. The number of alkyl halides is 3. The summed E-state index contributed by atoms with van der Waals surface area (Å²) in [7, 11) is 0. The zero-order chi connectivity index (χ0) is 17.5. The number of H-pyrrole nitrogens is 1. The van der Waals surface area contributed by atoms with Gasteiger partial charge in [0, 0.05) is 22.5 Å². The second kappa shape index (κ2) is 5.63. The number of fused-ring (bicyclic) bond motifs is 1. The van der Waals surface area contributed by atoms with E-state index >= 15 is 0 Å². The van der Waals surface area contributed by atoms with Crippen LogP contribution in [0.2, 0.25) is 0 Å². The summed E-state index contributed by atoms with van der Waals surface area (Å²) >= 11 is 0. The molecule has 2 aromatic carbocycles. The number of benzene rings is 2. The molecule has 1 N–H and O–H groups in total. The Bertz CT molecular complexity index is 1000. The van der Waals surface area contributed by atoms with Gasteiger partial charge in [-0.15, -0.1) is 0 Å². The second-order valence-corrected chi connectivity index (χ2v) is 5.44. The molecular formula is C18H12F3NO2. The molecule has 0 amide bonds. The van der Waals surface area contributed by atoms with Gasteiger partial charge in [0.2, 0.25) is 5.56 Å². The van der Waals surface area contributed by atoms with Crippen molar-refractivity contribution in [2.24, 2.45) is 0 Å². The summed E-state index contributed by atoms with van der Waals surface area (Å²) in [5.74, 6) is -0.127. The van der Waals surface area contributed by atoms with Gasteiger partial charge in [0.15, 0.2) is 5.78 Å². The number of ketones is 1. The molecule has 0 fully saturated rings. The van der Waals surface area contributed by atoms with E-state index in [9.17, 15) is 22.8 Å². The Balaban J connectivity index is 2.25. The van der Waals surface area contributed by atoms with E-state index in [0.717, 1.165) is 0 Å². The average Bonchev–Trinajstić information content (AvgIpc) is 2.53. The Kier molecular flexibility index (Phi) is 3.75. The number of aromatic amines is 1. The SMILES string of the molecule is CC(=O)c1cccc(-c2ccc3[nH]c(=O)cc(C(F)(F)F)c3c2)c1. The maximum absolute atomic E-state index is 13.2. The lowest BCUT2D eigenvalue weighted by atomic mass is 9.98. The van der Waals surface area contributed by atoms with Crippen molar-refractivity contribution in [3.63, 3.8) is 0 Å². The molecule has 0 atom stereocenters. The lowest BCUT2D eigenvalue weighted by Gasteiger charge is -2.11. The molecule has 0 saturated heterocycles. The van der Waals surface area contributed by atoms with E-state index in [-0.39, 0.29) is 16.7 Å². The molecule has 6 heteroatoms. The van der Waals surface area contributed by atoms with Crippen molar-refractivity contribution < 1.29 is 18.0 Å². The molecule has 1 heterocycles. The largest absolute Gasteiger partial charge is 0.417 e. The van der Waals surface area contributed by atoms with Crippen LogP contribution in [0, 0.1) is 0 Å². The molecule has 3 nitrogen and oxygen atoms in total. The summed E-state index contributed by atoms with van der Waals surface area (Å²) in [5, 5.41) is -0.0900. The highest BCUT2D eigenvalue weighted by Crippen LogP contribution is 2.35. The first kappa shape index (κ1) is 16.0. The second-order valence-electron chi connectivity index (χ2n) is 5.44. The first-order valence-corrected chi connectivity index (χ1v) is 7.11. The van der Waals surface area contributed by atoms with Gasteiger partial charge in [0.25, 0.3) is 0 Å². The van der Waals surface area contributed by atoms with Crippen LogP contribution in [-0.2, 0) is 6.18 Å². The van der Waals surface area contributed by atoms with Gasteiger partial charge in [-0.2, -0.15) is 13.2 Å². The summed E-state index contributed by atoms with van der Waals surface area (Å²) in [6.07, 6.45) is -4.63. The summed E-state index contributed by atoms with van der Waals surface area (Å²) in [4.78, 5) is 25.3. The molecule has 3 aromatic rings. The van der Waals surface area contributed by atoms with Crippen LogP contribution in [0.3, 0.4) is 0 Å². The number of Topliss-reactive ketones (excluding diaryl/α,β-unsaturated/α-hetero) is 1. The number of pyridine rings is 1. The third kappa shape index (κ3) is 2.95. The minimum absolute atomic E-state index is 0.0900. The van der Waals surface area contributed by atoms with Gasteiger partial charge in [0.1, 0.15) is 0 Å². The van der Waals surface area contributed by atoms with E-state index < -0.39 is 17.3 Å². The van der Waals surface area contributed by atoms with E-state index in [2.05, 4.69) is 4.98 Å². The number of carbonyl (C=O) groups excluding carboxylic acids is 1. The van der Waals surface area contributed by atoms with Crippen LogP contribution < -0.4 is 5.56 Å². The molecular weight excluding hydrogens is 319 g/mol. The monoisotopic (exact) mass is 331 g/mol. The quantitative estimate of drug-likeness (QED) is 0.707. The van der Waals surface area contributed by atoms with Crippen LogP contribution in [0.15, 0.2) is 53.3 Å². The van der Waals surface area contributed by atoms with Gasteiger partial charge in [-0.1, -0.05) is 24.3 Å².